The van der Waals surface area contributed by atoms with Crippen LogP contribution in [0.5, 0.6) is 0 Å². The summed E-state index contributed by atoms with van der Waals surface area (Å²) >= 11 is 5.62. The van der Waals surface area contributed by atoms with Crippen LogP contribution in [-0.4, -0.2) is 24.2 Å². The number of halogens is 1. The van der Waals surface area contributed by atoms with Crippen LogP contribution in [0.3, 0.4) is 0 Å². The van der Waals surface area contributed by atoms with Gasteiger partial charge in [-0.05, 0) is 37.6 Å². The van der Waals surface area contributed by atoms with E-state index in [2.05, 4.69) is 5.32 Å². The zero-order valence-electron chi connectivity index (χ0n) is 13.7. The van der Waals surface area contributed by atoms with Gasteiger partial charge in [0.1, 0.15) is 0 Å². The van der Waals surface area contributed by atoms with Crippen molar-refractivity contribution in [3.05, 3.63) is 60.2 Å². The lowest BCUT2D eigenvalue weighted by Crippen LogP contribution is -2.31. The van der Waals surface area contributed by atoms with Gasteiger partial charge in [-0.15, -0.1) is 11.6 Å². The lowest BCUT2D eigenvalue weighted by atomic mass is 10.1. The minimum absolute atomic E-state index is 0.140. The Morgan fingerprint density at radius 3 is 2.38 bits per heavy atom. The van der Waals surface area contributed by atoms with E-state index in [1.54, 1.807) is 29.2 Å². The normalized spacial score (nSPS) is 10.2. The topological polar surface area (TPSA) is 49.4 Å². The Kier molecular flexibility index (Phi) is 6.82. The molecule has 0 radical (unpaired) electrons. The summed E-state index contributed by atoms with van der Waals surface area (Å²) in [6.45, 7) is 2.46. The highest BCUT2D eigenvalue weighted by Gasteiger charge is 2.19. The summed E-state index contributed by atoms with van der Waals surface area (Å²) in [6.07, 6.45) is 0.941. The van der Waals surface area contributed by atoms with Gasteiger partial charge >= 0.3 is 0 Å². The molecule has 0 atom stereocenters. The molecule has 0 spiro atoms. The van der Waals surface area contributed by atoms with E-state index in [9.17, 15) is 9.59 Å². The van der Waals surface area contributed by atoms with Gasteiger partial charge in [-0.1, -0.05) is 30.3 Å². The molecule has 1 N–H and O–H groups in total. The van der Waals surface area contributed by atoms with Gasteiger partial charge in [0.15, 0.2) is 0 Å². The molecule has 24 heavy (non-hydrogen) atoms. The second-order valence-corrected chi connectivity index (χ2v) is 5.65. The summed E-state index contributed by atoms with van der Waals surface area (Å²) in [7, 11) is 0. The number of anilines is 2. The van der Waals surface area contributed by atoms with Crippen molar-refractivity contribution in [3.8, 4) is 0 Å². The van der Waals surface area contributed by atoms with Crippen molar-refractivity contribution in [3.63, 3.8) is 0 Å². The molecular weight excluding hydrogens is 324 g/mol. The fraction of sp³-hybridized carbons (Fsp3) is 0.263. The Hall–Kier alpha value is -2.33. The number of benzene rings is 2. The zero-order valence-corrected chi connectivity index (χ0v) is 14.4. The third kappa shape index (κ3) is 4.59. The molecule has 0 aromatic heterocycles. The van der Waals surface area contributed by atoms with Gasteiger partial charge < -0.3 is 10.2 Å². The zero-order chi connectivity index (χ0) is 17.4. The second kappa shape index (κ2) is 9.08. The van der Waals surface area contributed by atoms with E-state index in [-0.39, 0.29) is 11.8 Å². The number of carbonyl (C=O) groups is 2. The Bertz CT molecular complexity index is 689. The van der Waals surface area contributed by atoms with E-state index < -0.39 is 0 Å². The maximum atomic E-state index is 12.9. The monoisotopic (exact) mass is 344 g/mol. The van der Waals surface area contributed by atoms with Crippen LogP contribution < -0.4 is 10.2 Å². The predicted molar refractivity (Wildman–Crippen MR) is 98.8 cm³/mol. The van der Waals surface area contributed by atoms with Crippen LogP contribution in [0, 0.1) is 0 Å². The van der Waals surface area contributed by atoms with E-state index in [1.807, 2.05) is 37.3 Å². The highest BCUT2D eigenvalue weighted by molar-refractivity contribution is 6.18. The predicted octanol–water partition coefficient (Wildman–Crippen LogP) is 4.31. The highest BCUT2D eigenvalue weighted by Crippen LogP contribution is 2.22. The van der Waals surface area contributed by atoms with Gasteiger partial charge in [0.2, 0.25) is 5.91 Å². The Labute approximate surface area is 147 Å². The number of hydrogen-bond acceptors (Lipinski definition) is 2. The maximum Gasteiger partial charge on any atom is 0.260 e. The molecule has 0 aliphatic rings. The first-order valence-corrected chi connectivity index (χ1v) is 8.52. The van der Waals surface area contributed by atoms with Crippen molar-refractivity contribution in [1.29, 1.82) is 0 Å². The molecule has 0 bridgehead atoms. The Morgan fingerprint density at radius 2 is 1.71 bits per heavy atom. The summed E-state index contributed by atoms with van der Waals surface area (Å²) in [5.74, 6) is 0.154. The quantitative estimate of drug-likeness (QED) is 0.761. The Balaban J connectivity index is 2.24. The summed E-state index contributed by atoms with van der Waals surface area (Å²) < 4.78 is 0. The molecule has 4 nitrogen and oxygen atoms in total. The molecule has 0 aliphatic heterocycles. The number of alkyl halides is 1. The van der Waals surface area contributed by atoms with E-state index >= 15 is 0 Å². The van der Waals surface area contributed by atoms with Gasteiger partial charge in [0, 0.05) is 24.5 Å². The van der Waals surface area contributed by atoms with Gasteiger partial charge in [0.05, 0.1) is 11.3 Å². The molecule has 0 unspecified atom stereocenters. The lowest BCUT2D eigenvalue weighted by molar-refractivity contribution is -0.116. The minimum Gasteiger partial charge on any atom is -0.325 e. The number of carbonyl (C=O) groups excluding carboxylic acids is 2. The molecule has 126 valence electrons. The number of rotatable bonds is 7. The summed E-state index contributed by atoms with van der Waals surface area (Å²) in [5, 5.41) is 2.81. The molecule has 2 aromatic carbocycles. The van der Waals surface area contributed by atoms with Gasteiger partial charge in [-0.3, -0.25) is 9.59 Å². The van der Waals surface area contributed by atoms with Crippen molar-refractivity contribution < 1.29 is 9.59 Å². The van der Waals surface area contributed by atoms with Crippen molar-refractivity contribution in [2.45, 2.75) is 19.8 Å². The van der Waals surface area contributed by atoms with Crippen LogP contribution in [0.15, 0.2) is 54.6 Å². The van der Waals surface area contributed by atoms with Gasteiger partial charge in [-0.25, -0.2) is 0 Å². The van der Waals surface area contributed by atoms with Crippen LogP contribution >= 0.6 is 11.6 Å². The molecule has 0 saturated carbocycles. The first-order valence-electron chi connectivity index (χ1n) is 7.99. The summed E-state index contributed by atoms with van der Waals surface area (Å²) in [5.41, 5.74) is 1.83. The summed E-state index contributed by atoms with van der Waals surface area (Å²) in [4.78, 5) is 26.6. The molecule has 0 heterocycles. The molecule has 5 heteroatoms. The van der Waals surface area contributed by atoms with Crippen LogP contribution in [0.2, 0.25) is 0 Å². The highest BCUT2D eigenvalue weighted by atomic mass is 35.5. The third-order valence-corrected chi connectivity index (χ3v) is 3.87. The maximum absolute atomic E-state index is 12.9. The first-order chi connectivity index (χ1) is 11.7. The van der Waals surface area contributed by atoms with Crippen LogP contribution in [0.1, 0.15) is 30.1 Å². The number of nitrogens with one attached hydrogen (secondary N) is 1. The number of para-hydroxylation sites is 2. The molecule has 2 rings (SSSR count). The largest absolute Gasteiger partial charge is 0.325 e. The van der Waals surface area contributed by atoms with E-state index in [0.717, 1.165) is 5.69 Å². The molecule has 2 aromatic rings. The fourth-order valence-corrected chi connectivity index (χ4v) is 2.55. The molecule has 2 amide bonds. The average molecular weight is 345 g/mol. The van der Waals surface area contributed by atoms with Crippen molar-refractivity contribution >= 4 is 34.8 Å². The standard InChI is InChI=1S/C19H21ClN2O2/c1-2-22(15-9-4-3-5-10-15)19(24)16-11-6-7-12-17(16)21-18(23)13-8-14-20/h3-7,9-12H,2,8,13-14H2,1H3,(H,21,23). The molecular formula is C19H21ClN2O2. The van der Waals surface area contributed by atoms with Crippen molar-refractivity contribution in [2.75, 3.05) is 22.6 Å². The van der Waals surface area contributed by atoms with Crippen molar-refractivity contribution in [2.24, 2.45) is 0 Å². The lowest BCUT2D eigenvalue weighted by Gasteiger charge is -2.22. The third-order valence-electron chi connectivity index (χ3n) is 3.60. The molecule has 0 saturated heterocycles. The smallest absolute Gasteiger partial charge is 0.260 e. The first kappa shape index (κ1) is 18.0. The number of hydrogen-bond donors (Lipinski definition) is 1. The van der Waals surface area contributed by atoms with Gasteiger partial charge in [0.25, 0.3) is 5.91 Å². The molecule has 0 fully saturated rings. The van der Waals surface area contributed by atoms with Crippen LogP contribution in [0.4, 0.5) is 11.4 Å². The summed E-state index contributed by atoms with van der Waals surface area (Å²) in [6, 6.07) is 16.5. The van der Waals surface area contributed by atoms with Crippen LogP contribution in [-0.2, 0) is 4.79 Å². The Morgan fingerprint density at radius 1 is 1.04 bits per heavy atom. The number of nitrogens with zero attached hydrogens (tertiary/aromatic N) is 1. The SMILES string of the molecule is CCN(C(=O)c1ccccc1NC(=O)CCCCl)c1ccccc1. The molecule has 0 aliphatic carbocycles. The van der Waals surface area contributed by atoms with Gasteiger partial charge in [-0.2, -0.15) is 0 Å². The minimum atomic E-state index is -0.142. The number of amides is 2. The second-order valence-electron chi connectivity index (χ2n) is 5.27. The van der Waals surface area contributed by atoms with E-state index in [0.29, 0.717) is 36.5 Å². The fourth-order valence-electron chi connectivity index (χ4n) is 2.42. The van der Waals surface area contributed by atoms with Crippen LogP contribution in [0.25, 0.3) is 0 Å². The average Bonchev–Trinajstić information content (AvgIpc) is 2.62. The van der Waals surface area contributed by atoms with E-state index in [4.69, 9.17) is 11.6 Å². The van der Waals surface area contributed by atoms with Crippen molar-refractivity contribution in [1.82, 2.24) is 0 Å². The van der Waals surface area contributed by atoms with E-state index in [1.165, 1.54) is 0 Å².